The summed E-state index contributed by atoms with van der Waals surface area (Å²) in [5.41, 5.74) is 2.56. The van der Waals surface area contributed by atoms with Crippen LogP contribution in [0.3, 0.4) is 0 Å². The number of rotatable bonds is 1. The van der Waals surface area contributed by atoms with Crippen molar-refractivity contribution in [3.63, 3.8) is 0 Å². The van der Waals surface area contributed by atoms with Crippen molar-refractivity contribution in [2.24, 2.45) is 0 Å². The summed E-state index contributed by atoms with van der Waals surface area (Å²) in [6.45, 7) is 4.05. The summed E-state index contributed by atoms with van der Waals surface area (Å²) in [4.78, 5) is 21.0. The van der Waals surface area contributed by atoms with E-state index >= 15 is 0 Å². The van der Waals surface area contributed by atoms with Crippen LogP contribution in [0.5, 0.6) is 0 Å². The van der Waals surface area contributed by atoms with Crippen LogP contribution in [0, 0.1) is 0 Å². The Bertz CT molecular complexity index is 666. The number of aromatic nitrogens is 1. The molecule has 1 amide bonds. The molecule has 0 fully saturated rings. The number of pyridine rings is 1. The molecular weight excluding hydrogens is 250 g/mol. The highest BCUT2D eigenvalue weighted by molar-refractivity contribution is 6.13. The number of anilines is 3. The Balaban J connectivity index is 2.31. The van der Waals surface area contributed by atoms with Gasteiger partial charge in [-0.25, -0.2) is 4.98 Å². The zero-order valence-electron chi connectivity index (χ0n) is 11.9. The molecule has 2 aromatic rings. The van der Waals surface area contributed by atoms with Crippen molar-refractivity contribution in [2.45, 2.75) is 19.9 Å². The van der Waals surface area contributed by atoms with Crippen molar-refractivity contribution >= 4 is 23.1 Å². The van der Waals surface area contributed by atoms with Gasteiger partial charge in [0.25, 0.3) is 5.91 Å². The van der Waals surface area contributed by atoms with E-state index in [0.717, 1.165) is 11.4 Å². The minimum Gasteiger partial charge on any atom is -0.327 e. The smallest absolute Gasteiger partial charge is 0.262 e. The van der Waals surface area contributed by atoms with E-state index in [0.29, 0.717) is 11.4 Å². The molecule has 0 saturated heterocycles. The Morgan fingerprint density at radius 3 is 2.45 bits per heavy atom. The van der Waals surface area contributed by atoms with Crippen LogP contribution in [-0.4, -0.2) is 24.0 Å². The fourth-order valence-corrected chi connectivity index (χ4v) is 2.65. The van der Waals surface area contributed by atoms with Gasteiger partial charge < -0.3 is 9.80 Å². The van der Waals surface area contributed by atoms with Crippen LogP contribution >= 0.6 is 0 Å². The minimum absolute atomic E-state index is 0.0000926. The quantitative estimate of drug-likeness (QED) is 0.796. The van der Waals surface area contributed by atoms with E-state index in [-0.39, 0.29) is 11.9 Å². The Hall–Kier alpha value is -2.36. The third kappa shape index (κ3) is 1.76. The van der Waals surface area contributed by atoms with Crippen molar-refractivity contribution in [2.75, 3.05) is 16.8 Å². The predicted octanol–water partition coefficient (Wildman–Crippen LogP) is 3.22. The molecule has 0 spiro atoms. The Kier molecular flexibility index (Phi) is 2.93. The lowest BCUT2D eigenvalue weighted by atomic mass is 10.2. The van der Waals surface area contributed by atoms with Crippen molar-refractivity contribution < 1.29 is 4.79 Å². The Morgan fingerprint density at radius 2 is 1.75 bits per heavy atom. The lowest BCUT2D eigenvalue weighted by Crippen LogP contribution is -2.36. The van der Waals surface area contributed by atoms with E-state index in [2.05, 4.69) is 4.98 Å². The third-order valence-electron chi connectivity index (χ3n) is 3.57. The van der Waals surface area contributed by atoms with Crippen LogP contribution in [-0.2, 0) is 0 Å². The molecule has 4 heteroatoms. The average Bonchev–Trinajstić information content (AvgIpc) is 2.55. The minimum atomic E-state index is -0.0000926. The molecule has 0 aliphatic carbocycles. The molecule has 1 aromatic carbocycles. The van der Waals surface area contributed by atoms with Crippen molar-refractivity contribution in [1.82, 2.24) is 4.98 Å². The third-order valence-corrected chi connectivity index (χ3v) is 3.57. The Labute approximate surface area is 118 Å². The van der Waals surface area contributed by atoms with E-state index in [1.807, 2.05) is 61.0 Å². The van der Waals surface area contributed by atoms with E-state index in [4.69, 9.17) is 0 Å². The van der Waals surface area contributed by atoms with Gasteiger partial charge in [-0.15, -0.1) is 0 Å². The largest absolute Gasteiger partial charge is 0.327 e. The second kappa shape index (κ2) is 4.63. The SMILES string of the molecule is CC(C)N1C(=O)c2cccnc2N(C)c2ccccc21. The number of amides is 1. The van der Waals surface area contributed by atoms with E-state index in [9.17, 15) is 4.79 Å². The van der Waals surface area contributed by atoms with Crippen LogP contribution in [0.2, 0.25) is 0 Å². The number of hydrogen-bond acceptors (Lipinski definition) is 3. The van der Waals surface area contributed by atoms with Gasteiger partial charge in [0, 0.05) is 19.3 Å². The topological polar surface area (TPSA) is 36.4 Å². The van der Waals surface area contributed by atoms with Gasteiger partial charge in [0.15, 0.2) is 0 Å². The van der Waals surface area contributed by atoms with E-state index in [1.165, 1.54) is 0 Å². The zero-order valence-corrected chi connectivity index (χ0v) is 11.9. The first kappa shape index (κ1) is 12.7. The molecule has 1 aliphatic heterocycles. The van der Waals surface area contributed by atoms with Gasteiger partial charge in [-0.3, -0.25) is 4.79 Å². The maximum Gasteiger partial charge on any atom is 0.262 e. The summed E-state index contributed by atoms with van der Waals surface area (Å²) in [5, 5.41) is 0. The number of fused-ring (bicyclic) bond motifs is 2. The first-order valence-electron chi connectivity index (χ1n) is 6.72. The number of hydrogen-bond donors (Lipinski definition) is 0. The second-order valence-corrected chi connectivity index (χ2v) is 5.19. The van der Waals surface area contributed by atoms with Gasteiger partial charge in [0.05, 0.1) is 16.9 Å². The number of carbonyl (C=O) groups is 1. The summed E-state index contributed by atoms with van der Waals surface area (Å²) in [6.07, 6.45) is 1.72. The molecule has 1 aromatic heterocycles. The summed E-state index contributed by atoms with van der Waals surface area (Å²) < 4.78 is 0. The summed E-state index contributed by atoms with van der Waals surface area (Å²) in [7, 11) is 1.95. The highest BCUT2D eigenvalue weighted by Crippen LogP contribution is 2.39. The maximum atomic E-state index is 12.8. The lowest BCUT2D eigenvalue weighted by Gasteiger charge is -2.27. The number of carbonyl (C=O) groups excluding carboxylic acids is 1. The monoisotopic (exact) mass is 267 g/mol. The van der Waals surface area contributed by atoms with Crippen LogP contribution in [0.15, 0.2) is 42.6 Å². The van der Waals surface area contributed by atoms with Crippen LogP contribution in [0.4, 0.5) is 17.2 Å². The van der Waals surface area contributed by atoms with Crippen LogP contribution in [0.1, 0.15) is 24.2 Å². The molecule has 102 valence electrons. The van der Waals surface area contributed by atoms with Crippen molar-refractivity contribution in [1.29, 1.82) is 0 Å². The molecule has 3 rings (SSSR count). The normalized spacial score (nSPS) is 14.1. The molecule has 1 aliphatic rings. The van der Waals surface area contributed by atoms with Gasteiger partial charge >= 0.3 is 0 Å². The van der Waals surface area contributed by atoms with Crippen molar-refractivity contribution in [3.8, 4) is 0 Å². The molecule has 4 nitrogen and oxygen atoms in total. The fourth-order valence-electron chi connectivity index (χ4n) is 2.65. The molecule has 20 heavy (non-hydrogen) atoms. The molecule has 0 saturated carbocycles. The zero-order chi connectivity index (χ0) is 14.3. The molecule has 0 unspecified atom stereocenters. The maximum absolute atomic E-state index is 12.8. The summed E-state index contributed by atoms with van der Waals surface area (Å²) in [5.74, 6) is 0.702. The van der Waals surface area contributed by atoms with Gasteiger partial charge in [0.1, 0.15) is 5.82 Å². The van der Waals surface area contributed by atoms with Crippen LogP contribution < -0.4 is 9.80 Å². The first-order chi connectivity index (χ1) is 9.61. The first-order valence-corrected chi connectivity index (χ1v) is 6.72. The second-order valence-electron chi connectivity index (χ2n) is 5.19. The van der Waals surface area contributed by atoms with Crippen molar-refractivity contribution in [3.05, 3.63) is 48.2 Å². The van der Waals surface area contributed by atoms with Gasteiger partial charge in [-0.2, -0.15) is 0 Å². The highest BCUT2D eigenvalue weighted by Gasteiger charge is 2.31. The fraction of sp³-hybridized carbons (Fsp3) is 0.250. The molecule has 2 heterocycles. The Morgan fingerprint density at radius 1 is 1.05 bits per heavy atom. The number of benzene rings is 1. The van der Waals surface area contributed by atoms with Gasteiger partial charge in [-0.1, -0.05) is 12.1 Å². The highest BCUT2D eigenvalue weighted by atomic mass is 16.2. The molecule has 0 radical (unpaired) electrons. The average molecular weight is 267 g/mol. The molecule has 0 atom stereocenters. The van der Waals surface area contributed by atoms with E-state index in [1.54, 1.807) is 12.3 Å². The molecule has 0 bridgehead atoms. The number of nitrogens with zero attached hydrogens (tertiary/aromatic N) is 3. The summed E-state index contributed by atoms with van der Waals surface area (Å²) in [6, 6.07) is 11.7. The molecule has 0 N–H and O–H groups in total. The van der Waals surface area contributed by atoms with Gasteiger partial charge in [-0.05, 0) is 38.1 Å². The number of para-hydroxylation sites is 2. The predicted molar refractivity (Wildman–Crippen MR) is 80.7 cm³/mol. The lowest BCUT2D eigenvalue weighted by molar-refractivity contribution is 0.0981. The van der Waals surface area contributed by atoms with Crippen LogP contribution in [0.25, 0.3) is 0 Å². The van der Waals surface area contributed by atoms with E-state index < -0.39 is 0 Å². The standard InChI is InChI=1S/C16H17N3O/c1-11(2)19-14-9-5-4-8-13(14)18(3)15-12(16(19)20)7-6-10-17-15/h4-11H,1-3H3. The summed E-state index contributed by atoms with van der Waals surface area (Å²) >= 11 is 0. The molecular formula is C16H17N3O. The van der Waals surface area contributed by atoms with Gasteiger partial charge in [0.2, 0.25) is 0 Å².